The lowest BCUT2D eigenvalue weighted by Gasteiger charge is -2.02. The van der Waals surface area contributed by atoms with Crippen molar-refractivity contribution >= 4 is 5.78 Å². The van der Waals surface area contributed by atoms with Crippen LogP contribution >= 0.6 is 0 Å². The summed E-state index contributed by atoms with van der Waals surface area (Å²) in [6.07, 6.45) is 3.73. The van der Waals surface area contributed by atoms with Crippen LogP contribution in [0.15, 0.2) is 0 Å². The van der Waals surface area contributed by atoms with Gasteiger partial charge in [-0.3, -0.25) is 4.79 Å². The lowest BCUT2D eigenvalue weighted by molar-refractivity contribution is -0.122. The van der Waals surface area contributed by atoms with E-state index >= 15 is 0 Å². The Morgan fingerprint density at radius 2 is 2.08 bits per heavy atom. The summed E-state index contributed by atoms with van der Waals surface area (Å²) in [5.74, 6) is 1.42. The molecule has 0 aromatic heterocycles. The molecule has 3 atom stereocenters. The van der Waals surface area contributed by atoms with Gasteiger partial charge in [0.2, 0.25) is 0 Å². The van der Waals surface area contributed by atoms with Gasteiger partial charge in [-0.25, -0.2) is 0 Å². The van der Waals surface area contributed by atoms with Crippen molar-refractivity contribution < 1.29 is 4.79 Å². The number of fused-ring (bicyclic) bond motifs is 1. The second-order valence-corrected chi connectivity index (χ2v) is 4.04. The Morgan fingerprint density at radius 1 is 1.50 bits per heavy atom. The summed E-state index contributed by atoms with van der Waals surface area (Å²) in [5.41, 5.74) is 0. The van der Waals surface area contributed by atoms with Gasteiger partial charge in [0.1, 0.15) is 5.92 Å². The summed E-state index contributed by atoms with van der Waals surface area (Å²) in [6, 6.07) is 2.03. The molecule has 2 aliphatic carbocycles. The Labute approximate surface area is 72.6 Å². The molecular formula is C10H13NO. The van der Waals surface area contributed by atoms with Crippen molar-refractivity contribution in [2.75, 3.05) is 0 Å². The summed E-state index contributed by atoms with van der Waals surface area (Å²) >= 11 is 0. The van der Waals surface area contributed by atoms with Crippen LogP contribution in [0, 0.1) is 35.0 Å². The fourth-order valence-electron chi connectivity index (χ4n) is 2.60. The van der Waals surface area contributed by atoms with Crippen LogP contribution < -0.4 is 0 Å². The van der Waals surface area contributed by atoms with Gasteiger partial charge in [0.15, 0.2) is 5.78 Å². The molecule has 0 heterocycles. The number of hydrogen-bond acceptors (Lipinski definition) is 2. The third kappa shape index (κ3) is 0.964. The highest BCUT2D eigenvalue weighted by Crippen LogP contribution is 2.58. The first-order chi connectivity index (χ1) is 5.75. The van der Waals surface area contributed by atoms with Gasteiger partial charge in [0.25, 0.3) is 0 Å². The Kier molecular flexibility index (Phi) is 1.68. The zero-order chi connectivity index (χ0) is 8.72. The first kappa shape index (κ1) is 7.79. The van der Waals surface area contributed by atoms with Crippen molar-refractivity contribution in [3.05, 3.63) is 0 Å². The molecule has 2 saturated carbocycles. The van der Waals surface area contributed by atoms with Gasteiger partial charge in [-0.15, -0.1) is 0 Å². The third-order valence-corrected chi connectivity index (χ3v) is 3.36. The number of nitriles is 1. The number of carbonyl (C=O) groups excluding carboxylic acids is 1. The molecule has 0 bridgehead atoms. The van der Waals surface area contributed by atoms with E-state index < -0.39 is 0 Å². The SMILES string of the molecule is CC(C#N)C(=O)C1C2CCCC21. The predicted molar refractivity (Wildman–Crippen MR) is 44.1 cm³/mol. The largest absolute Gasteiger partial charge is 0.298 e. The molecule has 2 aliphatic rings. The predicted octanol–water partition coefficient (Wildman–Crippen LogP) is 1.76. The number of nitrogens with zero attached hydrogens (tertiary/aromatic N) is 1. The average molecular weight is 163 g/mol. The maximum Gasteiger partial charge on any atom is 0.153 e. The van der Waals surface area contributed by atoms with E-state index in [1.54, 1.807) is 6.92 Å². The standard InChI is InChI=1S/C10H13NO/c1-6(5-11)10(12)9-7-3-2-4-8(7)9/h6-9H,2-4H2,1H3. The Bertz CT molecular complexity index is 243. The monoisotopic (exact) mass is 163 g/mol. The number of Topliss-reactive ketones (excluding diaryl/α,β-unsaturated/α-hetero) is 1. The molecule has 0 aliphatic heterocycles. The van der Waals surface area contributed by atoms with Crippen molar-refractivity contribution in [1.82, 2.24) is 0 Å². The molecule has 3 unspecified atom stereocenters. The number of ketones is 1. The van der Waals surface area contributed by atoms with Crippen molar-refractivity contribution in [2.24, 2.45) is 23.7 Å². The van der Waals surface area contributed by atoms with Crippen LogP contribution in [0.1, 0.15) is 26.2 Å². The first-order valence-electron chi connectivity index (χ1n) is 4.69. The van der Waals surface area contributed by atoms with Gasteiger partial charge < -0.3 is 0 Å². The van der Waals surface area contributed by atoms with Crippen LogP contribution in [0.4, 0.5) is 0 Å². The molecule has 0 N–H and O–H groups in total. The van der Waals surface area contributed by atoms with Crippen molar-refractivity contribution in [3.63, 3.8) is 0 Å². The molecule has 12 heavy (non-hydrogen) atoms. The zero-order valence-electron chi connectivity index (χ0n) is 7.29. The normalized spacial score (nSPS) is 39.8. The fourth-order valence-corrected chi connectivity index (χ4v) is 2.60. The molecule has 0 spiro atoms. The quantitative estimate of drug-likeness (QED) is 0.622. The molecule has 2 heteroatoms. The summed E-state index contributed by atoms with van der Waals surface area (Å²) < 4.78 is 0. The van der Waals surface area contributed by atoms with E-state index in [2.05, 4.69) is 0 Å². The van der Waals surface area contributed by atoms with Crippen LogP contribution in [0.25, 0.3) is 0 Å². The molecular weight excluding hydrogens is 150 g/mol. The Hall–Kier alpha value is -0.840. The minimum Gasteiger partial charge on any atom is -0.298 e. The van der Waals surface area contributed by atoms with Gasteiger partial charge in [-0.05, 0) is 31.6 Å². The number of carbonyl (C=O) groups is 1. The van der Waals surface area contributed by atoms with E-state index in [4.69, 9.17) is 5.26 Å². The highest BCUT2D eigenvalue weighted by molar-refractivity contribution is 5.88. The zero-order valence-corrected chi connectivity index (χ0v) is 7.29. The van der Waals surface area contributed by atoms with Crippen molar-refractivity contribution in [3.8, 4) is 6.07 Å². The topological polar surface area (TPSA) is 40.9 Å². The molecule has 0 saturated heterocycles. The summed E-state index contributed by atoms with van der Waals surface area (Å²) in [4.78, 5) is 11.5. The number of hydrogen-bond donors (Lipinski definition) is 0. The molecule has 2 rings (SSSR count). The van der Waals surface area contributed by atoms with E-state index in [0.717, 1.165) is 0 Å². The van der Waals surface area contributed by atoms with Crippen LogP contribution in [0.3, 0.4) is 0 Å². The van der Waals surface area contributed by atoms with Gasteiger partial charge in [-0.1, -0.05) is 6.42 Å². The molecule has 0 aromatic carbocycles. The third-order valence-electron chi connectivity index (χ3n) is 3.36. The van der Waals surface area contributed by atoms with Gasteiger partial charge in [0, 0.05) is 5.92 Å². The molecule has 0 amide bonds. The van der Waals surface area contributed by atoms with Crippen molar-refractivity contribution in [2.45, 2.75) is 26.2 Å². The highest BCUT2D eigenvalue weighted by atomic mass is 16.1. The molecule has 64 valence electrons. The molecule has 0 radical (unpaired) electrons. The Morgan fingerprint density at radius 3 is 2.58 bits per heavy atom. The first-order valence-corrected chi connectivity index (χ1v) is 4.69. The van der Waals surface area contributed by atoms with E-state index in [9.17, 15) is 4.79 Å². The van der Waals surface area contributed by atoms with E-state index in [1.165, 1.54) is 19.3 Å². The van der Waals surface area contributed by atoms with Crippen molar-refractivity contribution in [1.29, 1.82) is 5.26 Å². The van der Waals surface area contributed by atoms with Gasteiger partial charge in [0.05, 0.1) is 6.07 Å². The lowest BCUT2D eigenvalue weighted by atomic mass is 9.99. The highest BCUT2D eigenvalue weighted by Gasteiger charge is 2.56. The van der Waals surface area contributed by atoms with E-state index in [1.807, 2.05) is 6.07 Å². The minimum atomic E-state index is -0.374. The van der Waals surface area contributed by atoms with Crippen LogP contribution in [0.2, 0.25) is 0 Å². The smallest absolute Gasteiger partial charge is 0.153 e. The maximum absolute atomic E-state index is 11.5. The second-order valence-electron chi connectivity index (χ2n) is 4.04. The van der Waals surface area contributed by atoms with Crippen LogP contribution in [-0.2, 0) is 4.79 Å². The van der Waals surface area contributed by atoms with Gasteiger partial charge in [-0.2, -0.15) is 5.26 Å². The minimum absolute atomic E-state index is 0.201. The fraction of sp³-hybridized carbons (Fsp3) is 0.800. The summed E-state index contributed by atoms with van der Waals surface area (Å²) in [5, 5.41) is 8.57. The van der Waals surface area contributed by atoms with Gasteiger partial charge >= 0.3 is 0 Å². The van der Waals surface area contributed by atoms with Crippen LogP contribution in [0.5, 0.6) is 0 Å². The molecule has 2 fully saturated rings. The average Bonchev–Trinajstić information content (AvgIpc) is 2.56. The molecule has 0 aromatic rings. The summed E-state index contributed by atoms with van der Waals surface area (Å²) in [6.45, 7) is 1.72. The maximum atomic E-state index is 11.5. The van der Waals surface area contributed by atoms with Crippen LogP contribution in [-0.4, -0.2) is 5.78 Å². The Balaban J connectivity index is 1.97. The summed E-state index contributed by atoms with van der Waals surface area (Å²) in [7, 11) is 0. The second kappa shape index (κ2) is 2.58. The lowest BCUT2D eigenvalue weighted by Crippen LogP contribution is -2.13. The van der Waals surface area contributed by atoms with E-state index in [0.29, 0.717) is 11.8 Å². The molecule has 2 nitrogen and oxygen atoms in total. The van der Waals surface area contributed by atoms with E-state index in [-0.39, 0.29) is 17.6 Å². The number of rotatable bonds is 2.